The van der Waals surface area contributed by atoms with E-state index in [1.807, 2.05) is 29.0 Å². The lowest BCUT2D eigenvalue weighted by atomic mass is 10.3. The minimum Gasteiger partial charge on any atom is -0.383 e. The second-order valence-electron chi connectivity index (χ2n) is 5.62. The molecule has 1 amide bonds. The average Bonchev–Trinajstić information content (AvgIpc) is 3.19. The Hall–Kier alpha value is -2.74. The molecule has 0 saturated carbocycles. The molecular weight excluding hydrogens is 308 g/mol. The molecule has 3 rings (SSSR count). The van der Waals surface area contributed by atoms with E-state index in [1.54, 1.807) is 31.9 Å². The smallest absolute Gasteiger partial charge is 0.272 e. The van der Waals surface area contributed by atoms with E-state index < -0.39 is 0 Å². The summed E-state index contributed by atoms with van der Waals surface area (Å²) in [6.07, 6.45) is 6.83. The van der Waals surface area contributed by atoms with Crippen molar-refractivity contribution in [2.45, 2.75) is 19.9 Å². The molecule has 1 N–H and O–H groups in total. The molecule has 0 spiro atoms. The number of fused-ring (bicyclic) bond motifs is 1. The van der Waals surface area contributed by atoms with Crippen LogP contribution in [0.1, 0.15) is 30.4 Å². The number of hydrogen-bond acceptors (Lipinski definition) is 5. The molecule has 0 fully saturated rings. The first kappa shape index (κ1) is 16.1. The Balaban J connectivity index is 2.07. The first-order valence-corrected chi connectivity index (χ1v) is 7.76. The van der Waals surface area contributed by atoms with Crippen LogP contribution < -0.4 is 5.32 Å². The molecule has 0 unspecified atom stereocenters. The first-order chi connectivity index (χ1) is 11.6. The summed E-state index contributed by atoms with van der Waals surface area (Å²) in [6.45, 7) is 4.97. The van der Waals surface area contributed by atoms with Crippen molar-refractivity contribution in [1.29, 1.82) is 0 Å². The number of amides is 1. The zero-order chi connectivity index (χ0) is 17.1. The highest BCUT2D eigenvalue weighted by Crippen LogP contribution is 2.24. The predicted octanol–water partition coefficient (Wildman–Crippen LogP) is 1.55. The van der Waals surface area contributed by atoms with Gasteiger partial charge < -0.3 is 10.1 Å². The van der Waals surface area contributed by atoms with Crippen LogP contribution in [0.25, 0.3) is 17.0 Å². The highest BCUT2D eigenvalue weighted by Gasteiger charge is 2.21. The van der Waals surface area contributed by atoms with Crippen molar-refractivity contribution in [3.05, 3.63) is 36.5 Å². The third-order valence-corrected chi connectivity index (χ3v) is 3.64. The van der Waals surface area contributed by atoms with E-state index >= 15 is 0 Å². The van der Waals surface area contributed by atoms with Crippen molar-refractivity contribution in [3.8, 4) is 11.5 Å². The number of hydrogen-bond donors (Lipinski definition) is 1. The Kier molecular flexibility index (Phi) is 4.57. The molecule has 3 aromatic rings. The molecule has 3 heterocycles. The van der Waals surface area contributed by atoms with E-state index in [4.69, 9.17) is 4.74 Å². The summed E-state index contributed by atoms with van der Waals surface area (Å²) in [7, 11) is 1.59. The van der Waals surface area contributed by atoms with Crippen LogP contribution in [0.15, 0.2) is 30.9 Å². The molecule has 0 aliphatic carbocycles. The largest absolute Gasteiger partial charge is 0.383 e. The van der Waals surface area contributed by atoms with Crippen LogP contribution in [0.4, 0.5) is 0 Å². The van der Waals surface area contributed by atoms with Gasteiger partial charge >= 0.3 is 0 Å². The van der Waals surface area contributed by atoms with E-state index in [-0.39, 0.29) is 11.9 Å². The van der Waals surface area contributed by atoms with Gasteiger partial charge in [0.1, 0.15) is 5.69 Å². The second kappa shape index (κ2) is 6.79. The van der Waals surface area contributed by atoms with E-state index in [1.165, 1.54) is 0 Å². The fraction of sp³-hybridized carbons (Fsp3) is 0.375. The molecule has 0 bridgehead atoms. The number of ether oxygens (including phenoxy) is 1. The van der Waals surface area contributed by atoms with Crippen LogP contribution in [0.5, 0.6) is 0 Å². The lowest BCUT2D eigenvalue weighted by Crippen LogP contribution is -2.27. The van der Waals surface area contributed by atoms with Crippen molar-refractivity contribution < 1.29 is 9.53 Å². The Morgan fingerprint density at radius 3 is 2.96 bits per heavy atom. The third kappa shape index (κ3) is 2.88. The van der Waals surface area contributed by atoms with Gasteiger partial charge in [-0.25, -0.2) is 4.98 Å². The summed E-state index contributed by atoms with van der Waals surface area (Å²) in [6, 6.07) is 2.07. The number of nitrogens with one attached hydrogen (secondary N) is 1. The molecule has 3 aromatic heterocycles. The molecule has 8 heteroatoms. The molecule has 126 valence electrons. The molecule has 0 atom stereocenters. The molecule has 24 heavy (non-hydrogen) atoms. The van der Waals surface area contributed by atoms with Gasteiger partial charge in [0.25, 0.3) is 5.91 Å². The van der Waals surface area contributed by atoms with Crippen LogP contribution in [0.2, 0.25) is 0 Å². The second-order valence-corrected chi connectivity index (χ2v) is 5.62. The summed E-state index contributed by atoms with van der Waals surface area (Å²) in [5.74, 6) is 0.412. The van der Waals surface area contributed by atoms with Crippen molar-refractivity contribution in [3.63, 3.8) is 0 Å². The molecule has 0 aliphatic heterocycles. The topological polar surface area (TPSA) is 86.3 Å². The summed E-state index contributed by atoms with van der Waals surface area (Å²) < 4.78 is 8.69. The van der Waals surface area contributed by atoms with Crippen molar-refractivity contribution in [2.75, 3.05) is 20.3 Å². The van der Waals surface area contributed by atoms with Gasteiger partial charge in [-0.15, -0.1) is 0 Å². The van der Waals surface area contributed by atoms with E-state index in [0.29, 0.717) is 30.2 Å². The van der Waals surface area contributed by atoms with Gasteiger partial charge in [0, 0.05) is 38.3 Å². The van der Waals surface area contributed by atoms with Gasteiger partial charge in [-0.05, 0) is 19.9 Å². The monoisotopic (exact) mass is 328 g/mol. The van der Waals surface area contributed by atoms with Gasteiger partial charge in [-0.3, -0.25) is 18.9 Å². The van der Waals surface area contributed by atoms with Crippen LogP contribution in [0, 0.1) is 0 Å². The van der Waals surface area contributed by atoms with E-state index in [9.17, 15) is 4.79 Å². The fourth-order valence-corrected chi connectivity index (χ4v) is 2.54. The predicted molar refractivity (Wildman–Crippen MR) is 88.8 cm³/mol. The van der Waals surface area contributed by atoms with E-state index in [0.717, 1.165) is 5.69 Å². The average molecular weight is 328 g/mol. The number of rotatable bonds is 6. The van der Waals surface area contributed by atoms with Crippen LogP contribution >= 0.6 is 0 Å². The minimum absolute atomic E-state index is 0.183. The van der Waals surface area contributed by atoms with Crippen molar-refractivity contribution in [2.24, 2.45) is 0 Å². The van der Waals surface area contributed by atoms with Crippen LogP contribution in [0.3, 0.4) is 0 Å². The standard InChI is InChI=1S/C16H20N6O2/c1-11(2)22-12(4-5-19-22)15-20-14(16(23)18-7-9-24-3)13-10-17-6-8-21(13)15/h4-6,8,10-11H,7,9H2,1-3H3,(H,18,23). The van der Waals surface area contributed by atoms with Crippen LogP contribution in [-0.2, 0) is 4.74 Å². The number of carbonyl (C=O) groups excluding carboxylic acids is 1. The quantitative estimate of drug-likeness (QED) is 0.694. The molecule has 0 aliphatic rings. The molecule has 0 aromatic carbocycles. The number of methoxy groups -OCH3 is 1. The summed E-state index contributed by atoms with van der Waals surface area (Å²) in [5.41, 5.74) is 1.84. The SMILES string of the molecule is COCCNC(=O)c1nc(-c2ccnn2C(C)C)n2ccncc12. The number of nitrogens with zero attached hydrogens (tertiary/aromatic N) is 5. The fourth-order valence-electron chi connectivity index (χ4n) is 2.54. The van der Waals surface area contributed by atoms with Gasteiger partial charge in [0.2, 0.25) is 0 Å². The maximum Gasteiger partial charge on any atom is 0.272 e. The van der Waals surface area contributed by atoms with Gasteiger partial charge in [-0.2, -0.15) is 5.10 Å². The first-order valence-electron chi connectivity index (χ1n) is 7.76. The summed E-state index contributed by atoms with van der Waals surface area (Å²) in [5, 5.41) is 7.14. The zero-order valence-electron chi connectivity index (χ0n) is 13.9. The lowest BCUT2D eigenvalue weighted by Gasteiger charge is -2.09. The van der Waals surface area contributed by atoms with Gasteiger partial charge in [-0.1, -0.05) is 0 Å². The number of imidazole rings is 1. The third-order valence-electron chi connectivity index (χ3n) is 3.64. The summed E-state index contributed by atoms with van der Waals surface area (Å²) >= 11 is 0. The molecule has 0 saturated heterocycles. The van der Waals surface area contributed by atoms with Gasteiger partial charge in [0.15, 0.2) is 11.5 Å². The van der Waals surface area contributed by atoms with Gasteiger partial charge in [0.05, 0.1) is 18.3 Å². The highest BCUT2D eigenvalue weighted by molar-refractivity contribution is 5.99. The Morgan fingerprint density at radius 2 is 2.21 bits per heavy atom. The summed E-state index contributed by atoms with van der Waals surface area (Å²) in [4.78, 5) is 21.1. The highest BCUT2D eigenvalue weighted by atomic mass is 16.5. The normalized spacial score (nSPS) is 11.3. The Morgan fingerprint density at radius 1 is 1.38 bits per heavy atom. The van der Waals surface area contributed by atoms with E-state index in [2.05, 4.69) is 20.4 Å². The molecule has 0 radical (unpaired) electrons. The maximum absolute atomic E-state index is 12.4. The zero-order valence-corrected chi connectivity index (χ0v) is 13.9. The number of aromatic nitrogens is 5. The molecular formula is C16H20N6O2. The van der Waals surface area contributed by atoms with Crippen molar-refractivity contribution in [1.82, 2.24) is 29.5 Å². The van der Waals surface area contributed by atoms with Crippen molar-refractivity contribution >= 4 is 11.4 Å². The minimum atomic E-state index is -0.251. The molecule has 8 nitrogen and oxygen atoms in total. The van der Waals surface area contributed by atoms with Crippen LogP contribution in [-0.4, -0.2) is 50.3 Å². The lowest BCUT2D eigenvalue weighted by molar-refractivity contribution is 0.0934. The Bertz CT molecular complexity index is 851. The Labute approximate surface area is 139 Å². The maximum atomic E-state index is 12.4. The number of carbonyl (C=O) groups is 1.